The molecule has 0 saturated carbocycles. The first-order chi connectivity index (χ1) is 5.77. The summed E-state index contributed by atoms with van der Waals surface area (Å²) in [6.07, 6.45) is -0.327. The summed E-state index contributed by atoms with van der Waals surface area (Å²) in [5, 5.41) is 12.8. The lowest BCUT2D eigenvalue weighted by molar-refractivity contribution is 0.156. The van der Waals surface area contributed by atoms with Crippen molar-refractivity contribution in [2.24, 2.45) is 5.73 Å². The third kappa shape index (κ3) is 1.93. The van der Waals surface area contributed by atoms with E-state index >= 15 is 0 Å². The fourth-order valence-corrected chi connectivity index (χ4v) is 0.725. The van der Waals surface area contributed by atoms with E-state index in [-0.39, 0.29) is 11.9 Å². The minimum absolute atomic E-state index is 0.0427. The molecule has 6 heteroatoms. The number of rotatable bonds is 4. The maximum absolute atomic E-state index is 9.31. The van der Waals surface area contributed by atoms with Gasteiger partial charge >= 0.3 is 6.08 Å². The third-order valence-corrected chi connectivity index (χ3v) is 1.34. The van der Waals surface area contributed by atoms with Crippen LogP contribution in [0.1, 0.15) is 18.3 Å². The first-order valence-corrected chi connectivity index (χ1v) is 3.53. The first-order valence-electron chi connectivity index (χ1n) is 3.53. The summed E-state index contributed by atoms with van der Waals surface area (Å²) in [5.74, 6) is 0.206. The van der Waals surface area contributed by atoms with Crippen LogP contribution in [0.15, 0.2) is 4.52 Å². The smallest absolute Gasteiger partial charge is 0.417 e. The number of methoxy groups -OCH3 is 1. The molecule has 0 fully saturated rings. The average molecular weight is 173 g/mol. The fraction of sp³-hybridized carbons (Fsp3) is 0.667. The Hall–Kier alpha value is -1.14. The summed E-state index contributed by atoms with van der Waals surface area (Å²) in [6, 6.07) is 0. The minimum Gasteiger partial charge on any atom is -0.452 e. The summed E-state index contributed by atoms with van der Waals surface area (Å²) in [5.41, 5.74) is 5.23. The largest absolute Gasteiger partial charge is 0.452 e. The van der Waals surface area contributed by atoms with Crippen molar-refractivity contribution in [1.29, 1.82) is 0 Å². The van der Waals surface area contributed by atoms with Crippen molar-refractivity contribution in [3.8, 4) is 6.08 Å². The van der Waals surface area contributed by atoms with E-state index in [1.165, 1.54) is 7.11 Å². The van der Waals surface area contributed by atoms with E-state index in [2.05, 4.69) is 19.4 Å². The van der Waals surface area contributed by atoms with Crippen molar-refractivity contribution in [2.45, 2.75) is 12.5 Å². The molecular formula is C6H11N3O3. The number of aromatic nitrogens is 2. The van der Waals surface area contributed by atoms with Crippen LogP contribution in [-0.2, 0) is 0 Å². The molecule has 0 aliphatic rings. The Bertz CT molecular complexity index is 238. The van der Waals surface area contributed by atoms with Gasteiger partial charge in [-0.2, -0.15) is 4.98 Å². The van der Waals surface area contributed by atoms with Crippen LogP contribution in [0.4, 0.5) is 0 Å². The van der Waals surface area contributed by atoms with Crippen molar-refractivity contribution in [3.63, 3.8) is 0 Å². The zero-order valence-electron chi connectivity index (χ0n) is 6.73. The predicted molar refractivity (Wildman–Crippen MR) is 39.5 cm³/mol. The number of hydrogen-bond acceptors (Lipinski definition) is 6. The molecule has 1 aromatic rings. The number of nitrogens with two attached hydrogens (primary N) is 1. The highest BCUT2D eigenvalue weighted by molar-refractivity contribution is 4.93. The lowest BCUT2D eigenvalue weighted by atomic mass is 10.2. The molecule has 3 N–H and O–H groups in total. The van der Waals surface area contributed by atoms with Gasteiger partial charge in [-0.25, -0.2) is 0 Å². The third-order valence-electron chi connectivity index (χ3n) is 1.34. The van der Waals surface area contributed by atoms with Crippen molar-refractivity contribution < 1.29 is 14.4 Å². The first kappa shape index (κ1) is 8.95. The van der Waals surface area contributed by atoms with Gasteiger partial charge in [-0.15, -0.1) is 0 Å². The predicted octanol–water partition coefficient (Wildman–Crippen LogP) is -0.540. The highest BCUT2D eigenvalue weighted by Crippen LogP contribution is 2.14. The van der Waals surface area contributed by atoms with Gasteiger partial charge in [-0.1, -0.05) is 5.16 Å². The van der Waals surface area contributed by atoms with Crippen molar-refractivity contribution in [3.05, 3.63) is 5.82 Å². The van der Waals surface area contributed by atoms with Crippen LogP contribution in [0.5, 0.6) is 6.08 Å². The van der Waals surface area contributed by atoms with Crippen LogP contribution in [0.25, 0.3) is 0 Å². The van der Waals surface area contributed by atoms with E-state index < -0.39 is 6.10 Å². The van der Waals surface area contributed by atoms with Gasteiger partial charge in [0.05, 0.1) is 7.11 Å². The van der Waals surface area contributed by atoms with Crippen LogP contribution in [0.2, 0.25) is 0 Å². The van der Waals surface area contributed by atoms with Gasteiger partial charge in [0.2, 0.25) is 5.82 Å². The topological polar surface area (TPSA) is 94.4 Å². The standard InChI is InChI=1S/C6H11N3O3/c1-11-6-8-5(9-12-6)4(10)2-3-7/h4,10H,2-3,7H2,1H3. The molecule has 1 atom stereocenters. The second-order valence-corrected chi connectivity index (χ2v) is 2.22. The molecule has 68 valence electrons. The van der Waals surface area contributed by atoms with E-state index in [4.69, 9.17) is 5.73 Å². The Morgan fingerprint density at radius 3 is 3.00 bits per heavy atom. The van der Waals surface area contributed by atoms with Gasteiger partial charge in [0.1, 0.15) is 6.10 Å². The molecule has 0 radical (unpaired) electrons. The Morgan fingerprint density at radius 1 is 1.75 bits per heavy atom. The number of nitrogens with zero attached hydrogens (tertiary/aromatic N) is 2. The highest BCUT2D eigenvalue weighted by Gasteiger charge is 2.14. The second-order valence-electron chi connectivity index (χ2n) is 2.22. The Morgan fingerprint density at radius 2 is 2.50 bits per heavy atom. The van der Waals surface area contributed by atoms with Gasteiger partial charge < -0.3 is 15.6 Å². The van der Waals surface area contributed by atoms with Crippen LogP contribution in [0.3, 0.4) is 0 Å². The van der Waals surface area contributed by atoms with E-state index in [0.29, 0.717) is 13.0 Å². The van der Waals surface area contributed by atoms with E-state index in [9.17, 15) is 5.11 Å². The molecule has 1 unspecified atom stereocenters. The molecule has 1 heterocycles. The molecule has 0 aliphatic heterocycles. The number of aliphatic hydroxyl groups excluding tert-OH is 1. The van der Waals surface area contributed by atoms with Crippen LogP contribution in [0, 0.1) is 0 Å². The summed E-state index contributed by atoms with van der Waals surface area (Å²) in [7, 11) is 1.41. The summed E-state index contributed by atoms with van der Waals surface area (Å²) in [6.45, 7) is 0.373. The van der Waals surface area contributed by atoms with Gasteiger partial charge in [0, 0.05) is 0 Å². The average Bonchev–Trinajstić information content (AvgIpc) is 2.52. The highest BCUT2D eigenvalue weighted by atomic mass is 16.6. The molecular weight excluding hydrogens is 162 g/mol. The molecule has 12 heavy (non-hydrogen) atoms. The SMILES string of the molecule is COc1nc(C(O)CCN)no1. The van der Waals surface area contributed by atoms with Crippen LogP contribution in [-0.4, -0.2) is 28.9 Å². The van der Waals surface area contributed by atoms with Crippen LogP contribution >= 0.6 is 0 Å². The lowest BCUT2D eigenvalue weighted by Crippen LogP contribution is -2.07. The minimum atomic E-state index is -0.775. The number of ether oxygens (including phenoxy) is 1. The summed E-state index contributed by atoms with van der Waals surface area (Å²) >= 11 is 0. The van der Waals surface area contributed by atoms with E-state index in [0.717, 1.165) is 0 Å². The fourth-order valence-electron chi connectivity index (χ4n) is 0.725. The zero-order valence-corrected chi connectivity index (χ0v) is 6.73. The summed E-state index contributed by atoms with van der Waals surface area (Å²) < 4.78 is 9.24. The molecule has 1 aromatic heterocycles. The van der Waals surface area contributed by atoms with Crippen LogP contribution < -0.4 is 10.5 Å². The van der Waals surface area contributed by atoms with Crippen molar-refractivity contribution in [2.75, 3.05) is 13.7 Å². The number of aliphatic hydroxyl groups is 1. The molecule has 0 saturated heterocycles. The molecule has 0 bridgehead atoms. The molecule has 0 spiro atoms. The Labute approximate surface area is 69.3 Å². The van der Waals surface area contributed by atoms with Gasteiger partial charge in [-0.05, 0) is 13.0 Å². The monoisotopic (exact) mass is 173 g/mol. The molecule has 0 aromatic carbocycles. The van der Waals surface area contributed by atoms with Gasteiger partial charge in [0.25, 0.3) is 0 Å². The molecule has 0 aliphatic carbocycles. The number of hydrogen-bond donors (Lipinski definition) is 2. The Kier molecular flexibility index (Phi) is 3.01. The maximum atomic E-state index is 9.31. The van der Waals surface area contributed by atoms with Gasteiger partial charge in [0.15, 0.2) is 0 Å². The lowest BCUT2D eigenvalue weighted by Gasteiger charge is -2.00. The van der Waals surface area contributed by atoms with Crippen molar-refractivity contribution in [1.82, 2.24) is 10.1 Å². The zero-order chi connectivity index (χ0) is 8.97. The molecule has 1 rings (SSSR count). The van der Waals surface area contributed by atoms with Gasteiger partial charge in [-0.3, -0.25) is 4.52 Å². The quantitative estimate of drug-likeness (QED) is 0.635. The maximum Gasteiger partial charge on any atom is 0.417 e. The molecule has 6 nitrogen and oxygen atoms in total. The summed E-state index contributed by atoms with van der Waals surface area (Å²) in [4.78, 5) is 3.74. The van der Waals surface area contributed by atoms with Crippen molar-refractivity contribution >= 4 is 0 Å². The normalized spacial score (nSPS) is 12.9. The van der Waals surface area contributed by atoms with E-state index in [1.54, 1.807) is 0 Å². The Balaban J connectivity index is 2.61. The van der Waals surface area contributed by atoms with E-state index in [1.807, 2.05) is 0 Å². The molecule has 0 amide bonds. The second kappa shape index (κ2) is 4.03.